The van der Waals surface area contributed by atoms with E-state index in [2.05, 4.69) is 4.72 Å². The van der Waals surface area contributed by atoms with Crippen molar-refractivity contribution >= 4 is 34.3 Å². The third kappa shape index (κ3) is 3.65. The number of nitrogens with one attached hydrogen (secondary N) is 1. The van der Waals surface area contributed by atoms with Gasteiger partial charge in [-0.2, -0.15) is 0 Å². The number of carbonyl (C=O) groups is 1. The highest BCUT2D eigenvalue weighted by Crippen LogP contribution is 2.38. The molecule has 25 heavy (non-hydrogen) atoms. The zero-order valence-electron chi connectivity index (χ0n) is 13.8. The molecule has 3 aromatic rings. The molecule has 1 aromatic heterocycles. The Kier molecular flexibility index (Phi) is 5.31. The SMILES string of the molecule is COc1ccccc1-c1cc(NS(=O)c2ccccc2C)c(C=O)s1. The molecule has 0 fully saturated rings. The monoisotopic (exact) mass is 371 g/mol. The first-order valence-corrected chi connectivity index (χ1v) is 9.57. The van der Waals surface area contributed by atoms with Crippen molar-refractivity contribution in [2.75, 3.05) is 11.8 Å². The summed E-state index contributed by atoms with van der Waals surface area (Å²) < 4.78 is 21.0. The average Bonchev–Trinajstić information content (AvgIpc) is 3.04. The van der Waals surface area contributed by atoms with Gasteiger partial charge in [-0.3, -0.25) is 9.52 Å². The molecule has 128 valence electrons. The number of para-hydroxylation sites is 1. The van der Waals surface area contributed by atoms with Crippen molar-refractivity contribution in [3.05, 3.63) is 65.0 Å². The van der Waals surface area contributed by atoms with Crippen LogP contribution in [-0.4, -0.2) is 17.6 Å². The Hall–Kier alpha value is -2.44. The second-order valence-electron chi connectivity index (χ2n) is 5.34. The Balaban J connectivity index is 1.95. The van der Waals surface area contributed by atoms with Gasteiger partial charge < -0.3 is 4.74 Å². The van der Waals surface area contributed by atoms with Crippen molar-refractivity contribution in [2.24, 2.45) is 0 Å². The number of carbonyl (C=O) groups excluding carboxylic acids is 1. The van der Waals surface area contributed by atoms with E-state index in [0.717, 1.165) is 28.0 Å². The van der Waals surface area contributed by atoms with Gasteiger partial charge in [0.05, 0.1) is 22.6 Å². The first-order chi connectivity index (χ1) is 12.1. The number of hydrogen-bond acceptors (Lipinski definition) is 4. The highest BCUT2D eigenvalue weighted by atomic mass is 32.2. The van der Waals surface area contributed by atoms with Crippen molar-refractivity contribution in [3.63, 3.8) is 0 Å². The predicted molar refractivity (Wildman–Crippen MR) is 103 cm³/mol. The first-order valence-electron chi connectivity index (χ1n) is 7.60. The number of ether oxygens (including phenoxy) is 1. The van der Waals surface area contributed by atoms with Crippen molar-refractivity contribution in [1.82, 2.24) is 0 Å². The van der Waals surface area contributed by atoms with E-state index in [1.54, 1.807) is 7.11 Å². The molecule has 1 atom stereocenters. The van der Waals surface area contributed by atoms with Crippen LogP contribution in [-0.2, 0) is 11.0 Å². The molecule has 0 aliphatic carbocycles. The maximum Gasteiger partial charge on any atom is 0.162 e. The van der Waals surface area contributed by atoms with E-state index >= 15 is 0 Å². The Bertz CT molecular complexity index is 934. The largest absolute Gasteiger partial charge is 0.496 e. The number of rotatable bonds is 6. The topological polar surface area (TPSA) is 55.4 Å². The van der Waals surface area contributed by atoms with Gasteiger partial charge in [0.15, 0.2) is 17.3 Å². The maximum absolute atomic E-state index is 12.6. The van der Waals surface area contributed by atoms with Crippen LogP contribution >= 0.6 is 11.3 Å². The van der Waals surface area contributed by atoms with Crippen LogP contribution in [0.1, 0.15) is 15.2 Å². The molecule has 1 unspecified atom stereocenters. The number of anilines is 1. The van der Waals surface area contributed by atoms with Crippen molar-refractivity contribution in [3.8, 4) is 16.2 Å². The molecule has 3 rings (SSSR count). The van der Waals surface area contributed by atoms with E-state index in [0.29, 0.717) is 15.5 Å². The fourth-order valence-electron chi connectivity index (χ4n) is 2.47. The summed E-state index contributed by atoms with van der Waals surface area (Å²) in [7, 11) is 0.169. The van der Waals surface area contributed by atoms with Crippen molar-refractivity contribution in [2.45, 2.75) is 11.8 Å². The van der Waals surface area contributed by atoms with E-state index in [4.69, 9.17) is 4.74 Å². The molecule has 0 spiro atoms. The van der Waals surface area contributed by atoms with Crippen LogP contribution in [0.4, 0.5) is 5.69 Å². The fraction of sp³-hybridized carbons (Fsp3) is 0.105. The fourth-order valence-corrected chi connectivity index (χ4v) is 4.54. The third-order valence-corrected chi connectivity index (χ3v) is 6.09. The summed E-state index contributed by atoms with van der Waals surface area (Å²) in [5, 5.41) is 0. The molecule has 0 aliphatic rings. The number of thiophene rings is 1. The number of aryl methyl sites for hydroxylation is 1. The van der Waals surface area contributed by atoms with Crippen LogP contribution in [0.2, 0.25) is 0 Å². The van der Waals surface area contributed by atoms with E-state index in [1.807, 2.05) is 61.5 Å². The van der Waals surface area contributed by atoms with Gasteiger partial charge in [-0.05, 0) is 36.8 Å². The third-order valence-electron chi connectivity index (χ3n) is 3.74. The first kappa shape index (κ1) is 17.4. The normalized spacial score (nSPS) is 11.8. The molecule has 0 radical (unpaired) electrons. The molecular formula is C19H17NO3S2. The van der Waals surface area contributed by atoms with Crippen molar-refractivity contribution in [1.29, 1.82) is 0 Å². The Labute approximate surface area is 153 Å². The highest BCUT2D eigenvalue weighted by molar-refractivity contribution is 7.86. The standard InChI is InChI=1S/C19H17NO3S2/c1-13-7-3-6-10-19(13)25(22)20-15-11-17(24-18(15)12-21)14-8-4-5-9-16(14)23-2/h3-12,20H,1-2H3. The molecule has 4 nitrogen and oxygen atoms in total. The second-order valence-corrected chi connectivity index (χ2v) is 7.61. The van der Waals surface area contributed by atoms with Crippen molar-refractivity contribution < 1.29 is 13.7 Å². The minimum absolute atomic E-state index is 0.503. The summed E-state index contributed by atoms with van der Waals surface area (Å²) >= 11 is 1.34. The summed E-state index contributed by atoms with van der Waals surface area (Å²) in [6.45, 7) is 1.91. The molecule has 2 aromatic carbocycles. The van der Waals surface area contributed by atoms with Gasteiger partial charge >= 0.3 is 0 Å². The molecule has 1 heterocycles. The van der Waals surface area contributed by atoms with Gasteiger partial charge in [-0.1, -0.05) is 30.3 Å². The zero-order valence-corrected chi connectivity index (χ0v) is 15.4. The molecule has 0 bridgehead atoms. The van der Waals surface area contributed by atoms with Gasteiger partial charge in [0.2, 0.25) is 0 Å². The zero-order chi connectivity index (χ0) is 17.8. The molecule has 6 heteroatoms. The number of hydrogen-bond donors (Lipinski definition) is 1. The lowest BCUT2D eigenvalue weighted by atomic mass is 10.1. The van der Waals surface area contributed by atoms with Gasteiger partial charge in [0.1, 0.15) is 5.75 Å². The lowest BCUT2D eigenvalue weighted by Crippen LogP contribution is -2.06. The summed E-state index contributed by atoms with van der Waals surface area (Å²) in [6.07, 6.45) is 0.779. The molecule has 0 saturated heterocycles. The highest BCUT2D eigenvalue weighted by Gasteiger charge is 2.16. The molecule has 0 amide bonds. The molecule has 1 N–H and O–H groups in total. The Morgan fingerprint density at radius 2 is 1.84 bits per heavy atom. The Morgan fingerprint density at radius 1 is 1.12 bits per heavy atom. The van der Waals surface area contributed by atoms with Gasteiger partial charge in [-0.25, -0.2) is 4.21 Å². The summed E-state index contributed by atoms with van der Waals surface area (Å²) in [5.74, 6) is 0.729. The predicted octanol–water partition coefficient (Wildman–Crippen LogP) is 4.68. The summed E-state index contributed by atoms with van der Waals surface area (Å²) in [5.41, 5.74) is 2.39. The molecule has 0 aliphatic heterocycles. The number of benzene rings is 2. The summed E-state index contributed by atoms with van der Waals surface area (Å²) in [6, 6.07) is 16.9. The lowest BCUT2D eigenvalue weighted by molar-refractivity contribution is 0.112. The maximum atomic E-state index is 12.6. The lowest BCUT2D eigenvalue weighted by Gasteiger charge is -2.07. The Morgan fingerprint density at radius 3 is 2.56 bits per heavy atom. The van der Waals surface area contributed by atoms with E-state index in [-0.39, 0.29) is 0 Å². The van der Waals surface area contributed by atoms with Crippen LogP contribution < -0.4 is 9.46 Å². The summed E-state index contributed by atoms with van der Waals surface area (Å²) in [4.78, 5) is 13.5. The van der Waals surface area contributed by atoms with Gasteiger partial charge in [-0.15, -0.1) is 11.3 Å². The van der Waals surface area contributed by atoms with Gasteiger partial charge in [0.25, 0.3) is 0 Å². The smallest absolute Gasteiger partial charge is 0.162 e. The van der Waals surface area contributed by atoms with Crippen LogP contribution in [0.3, 0.4) is 0 Å². The number of methoxy groups -OCH3 is 1. The van der Waals surface area contributed by atoms with E-state index < -0.39 is 11.0 Å². The van der Waals surface area contributed by atoms with Crippen LogP contribution in [0.5, 0.6) is 5.75 Å². The van der Waals surface area contributed by atoms with Crippen LogP contribution in [0, 0.1) is 6.92 Å². The quantitative estimate of drug-likeness (QED) is 0.640. The van der Waals surface area contributed by atoms with E-state index in [1.165, 1.54) is 11.3 Å². The minimum Gasteiger partial charge on any atom is -0.496 e. The van der Waals surface area contributed by atoms with E-state index in [9.17, 15) is 9.00 Å². The number of aldehydes is 1. The average molecular weight is 371 g/mol. The second kappa shape index (κ2) is 7.63. The molecule has 0 saturated carbocycles. The minimum atomic E-state index is -1.44. The van der Waals surface area contributed by atoms with Gasteiger partial charge in [0, 0.05) is 10.4 Å². The van der Waals surface area contributed by atoms with Crippen LogP contribution in [0.15, 0.2) is 59.5 Å². The molecular weight excluding hydrogens is 354 g/mol. The van der Waals surface area contributed by atoms with Crippen LogP contribution in [0.25, 0.3) is 10.4 Å².